The van der Waals surface area contributed by atoms with Crippen LogP contribution in [0.4, 0.5) is 10.2 Å². The first-order valence-corrected chi connectivity index (χ1v) is 9.71. The molecule has 28 heavy (non-hydrogen) atoms. The average molecular weight is 446 g/mol. The fourth-order valence-corrected chi connectivity index (χ4v) is 3.20. The number of nitrogens with zero attached hydrogens (tertiary/aromatic N) is 2. The summed E-state index contributed by atoms with van der Waals surface area (Å²) in [6.07, 6.45) is 0.812. The molecule has 1 heterocycles. The zero-order valence-electron chi connectivity index (χ0n) is 15.7. The van der Waals surface area contributed by atoms with E-state index in [9.17, 15) is 9.18 Å². The van der Waals surface area contributed by atoms with Crippen LogP contribution in [0.1, 0.15) is 18.5 Å². The molecule has 0 fully saturated rings. The largest absolute Gasteiger partial charge is 0.493 e. The molecule has 1 N–H and O–H groups in total. The number of rotatable bonds is 7. The molecule has 2 aromatic carbocycles. The number of nitrogens with one attached hydrogen (secondary N) is 1. The molecule has 1 aromatic heterocycles. The molecule has 7 heteroatoms. The Balaban J connectivity index is 1.60. The molecule has 3 aromatic rings. The van der Waals surface area contributed by atoms with Crippen molar-refractivity contribution in [3.05, 3.63) is 64.5 Å². The van der Waals surface area contributed by atoms with Gasteiger partial charge in [0.05, 0.1) is 12.3 Å². The number of amides is 1. The number of benzene rings is 2. The van der Waals surface area contributed by atoms with Crippen LogP contribution in [0.25, 0.3) is 11.1 Å². The molecule has 0 unspecified atom stereocenters. The zero-order chi connectivity index (χ0) is 20.1. The van der Waals surface area contributed by atoms with Gasteiger partial charge in [0.2, 0.25) is 5.91 Å². The smallest absolute Gasteiger partial charge is 0.225 e. The molecule has 0 bridgehead atoms. The van der Waals surface area contributed by atoms with E-state index in [1.165, 1.54) is 12.1 Å². The van der Waals surface area contributed by atoms with Crippen molar-refractivity contribution >= 4 is 27.7 Å². The van der Waals surface area contributed by atoms with E-state index < -0.39 is 0 Å². The number of anilines is 1. The Labute approximate surface area is 171 Å². The van der Waals surface area contributed by atoms with E-state index in [-0.39, 0.29) is 11.7 Å². The van der Waals surface area contributed by atoms with Gasteiger partial charge in [0.25, 0.3) is 0 Å². The molecule has 0 aliphatic carbocycles. The van der Waals surface area contributed by atoms with E-state index in [4.69, 9.17) is 4.74 Å². The van der Waals surface area contributed by atoms with Crippen molar-refractivity contribution in [3.8, 4) is 16.9 Å². The van der Waals surface area contributed by atoms with Crippen LogP contribution in [0.5, 0.6) is 5.75 Å². The summed E-state index contributed by atoms with van der Waals surface area (Å²) in [6, 6.07) is 13.8. The van der Waals surface area contributed by atoms with E-state index in [1.807, 2.05) is 31.2 Å². The van der Waals surface area contributed by atoms with Gasteiger partial charge in [0, 0.05) is 29.6 Å². The Kier molecular flexibility index (Phi) is 6.46. The molecule has 0 atom stereocenters. The first-order chi connectivity index (χ1) is 13.4. The van der Waals surface area contributed by atoms with E-state index in [0.29, 0.717) is 31.0 Å². The van der Waals surface area contributed by atoms with Crippen LogP contribution in [-0.4, -0.2) is 22.3 Å². The minimum atomic E-state index is -0.345. The Morgan fingerprint density at radius 2 is 2.00 bits per heavy atom. The van der Waals surface area contributed by atoms with Gasteiger partial charge < -0.3 is 10.1 Å². The number of hydrogen-bond donors (Lipinski definition) is 1. The summed E-state index contributed by atoms with van der Waals surface area (Å²) < 4.78 is 21.3. The van der Waals surface area contributed by atoms with Crippen molar-refractivity contribution in [1.29, 1.82) is 0 Å². The standard InChI is InChI=1S/C21H21BrFN3O2/c1-14-20(15-8-10-16(22)11-9-15)21(26(2)25-14)24-19(27)7-4-12-28-18-6-3-5-17(23)13-18/h3,5-6,8-11,13H,4,7,12H2,1-2H3,(H,24,27). The first-order valence-electron chi connectivity index (χ1n) is 8.92. The van der Waals surface area contributed by atoms with Crippen LogP contribution >= 0.6 is 15.9 Å². The molecule has 5 nitrogen and oxygen atoms in total. The topological polar surface area (TPSA) is 56.2 Å². The molecule has 0 aliphatic heterocycles. The fraction of sp³-hybridized carbons (Fsp3) is 0.238. The third kappa shape index (κ3) is 4.98. The normalized spacial score (nSPS) is 10.7. The molecule has 0 spiro atoms. The second-order valence-corrected chi connectivity index (χ2v) is 7.31. The van der Waals surface area contributed by atoms with Crippen LogP contribution in [0.15, 0.2) is 53.0 Å². The summed E-state index contributed by atoms with van der Waals surface area (Å²) >= 11 is 3.43. The third-order valence-corrected chi connectivity index (χ3v) is 4.75. The minimum Gasteiger partial charge on any atom is -0.493 e. The van der Waals surface area contributed by atoms with Crippen LogP contribution in [0.3, 0.4) is 0 Å². The molecule has 1 amide bonds. The number of carbonyl (C=O) groups excluding carboxylic acids is 1. The van der Waals surface area contributed by atoms with E-state index >= 15 is 0 Å². The molecule has 0 radical (unpaired) electrons. The molecular formula is C21H21BrFN3O2. The molecule has 0 saturated carbocycles. The van der Waals surface area contributed by atoms with Crippen LogP contribution in [0, 0.1) is 12.7 Å². The van der Waals surface area contributed by atoms with Crippen LogP contribution < -0.4 is 10.1 Å². The van der Waals surface area contributed by atoms with Gasteiger partial charge in [-0.15, -0.1) is 0 Å². The lowest BCUT2D eigenvalue weighted by Gasteiger charge is -2.10. The number of aryl methyl sites for hydroxylation is 2. The number of aromatic nitrogens is 2. The second-order valence-electron chi connectivity index (χ2n) is 6.40. The lowest BCUT2D eigenvalue weighted by molar-refractivity contribution is -0.116. The third-order valence-electron chi connectivity index (χ3n) is 4.23. The van der Waals surface area contributed by atoms with Crippen molar-refractivity contribution in [2.24, 2.45) is 7.05 Å². The number of halogens is 2. The molecule has 0 saturated heterocycles. The van der Waals surface area contributed by atoms with Crippen molar-refractivity contribution in [2.75, 3.05) is 11.9 Å². The highest BCUT2D eigenvalue weighted by Gasteiger charge is 2.17. The van der Waals surface area contributed by atoms with Gasteiger partial charge in [-0.2, -0.15) is 5.10 Å². The summed E-state index contributed by atoms with van der Waals surface area (Å²) in [7, 11) is 1.80. The van der Waals surface area contributed by atoms with E-state index in [1.54, 1.807) is 23.9 Å². The number of carbonyl (C=O) groups is 1. The number of hydrogen-bond acceptors (Lipinski definition) is 3. The quantitative estimate of drug-likeness (QED) is 0.514. The Hall–Kier alpha value is -2.67. The van der Waals surface area contributed by atoms with Crippen molar-refractivity contribution < 1.29 is 13.9 Å². The Morgan fingerprint density at radius 3 is 2.71 bits per heavy atom. The van der Waals surface area contributed by atoms with E-state index in [0.717, 1.165) is 21.3 Å². The fourth-order valence-electron chi connectivity index (χ4n) is 2.94. The summed E-state index contributed by atoms with van der Waals surface area (Å²) in [5.41, 5.74) is 2.73. The monoisotopic (exact) mass is 445 g/mol. The van der Waals surface area contributed by atoms with Gasteiger partial charge in [0.1, 0.15) is 17.4 Å². The maximum atomic E-state index is 13.1. The van der Waals surface area contributed by atoms with Gasteiger partial charge in [-0.3, -0.25) is 9.48 Å². The summed E-state index contributed by atoms with van der Waals surface area (Å²) in [4.78, 5) is 12.4. The lowest BCUT2D eigenvalue weighted by Crippen LogP contribution is -2.15. The predicted molar refractivity (Wildman–Crippen MR) is 111 cm³/mol. The van der Waals surface area contributed by atoms with Gasteiger partial charge in [-0.1, -0.05) is 34.1 Å². The Bertz CT molecular complexity index is 970. The molecule has 146 valence electrons. The number of ether oxygens (including phenoxy) is 1. The van der Waals surface area contributed by atoms with Gasteiger partial charge in [-0.05, 0) is 43.2 Å². The lowest BCUT2D eigenvalue weighted by atomic mass is 10.1. The zero-order valence-corrected chi connectivity index (χ0v) is 17.3. The van der Waals surface area contributed by atoms with Crippen molar-refractivity contribution in [1.82, 2.24) is 9.78 Å². The predicted octanol–water partition coefficient (Wildman–Crippen LogP) is 5.09. The van der Waals surface area contributed by atoms with Crippen LogP contribution in [-0.2, 0) is 11.8 Å². The Morgan fingerprint density at radius 1 is 1.25 bits per heavy atom. The minimum absolute atomic E-state index is 0.121. The summed E-state index contributed by atoms with van der Waals surface area (Å²) in [5, 5.41) is 7.39. The van der Waals surface area contributed by atoms with Gasteiger partial charge in [-0.25, -0.2) is 4.39 Å². The van der Waals surface area contributed by atoms with Crippen molar-refractivity contribution in [3.63, 3.8) is 0 Å². The van der Waals surface area contributed by atoms with Gasteiger partial charge in [0.15, 0.2) is 0 Å². The van der Waals surface area contributed by atoms with Crippen molar-refractivity contribution in [2.45, 2.75) is 19.8 Å². The maximum Gasteiger partial charge on any atom is 0.225 e. The average Bonchev–Trinajstić information content (AvgIpc) is 2.93. The summed E-state index contributed by atoms with van der Waals surface area (Å²) in [6.45, 7) is 2.25. The first kappa shape index (κ1) is 20.1. The molecule has 3 rings (SSSR count). The molecule has 0 aliphatic rings. The summed E-state index contributed by atoms with van der Waals surface area (Å²) in [5.74, 6) is 0.655. The second kappa shape index (κ2) is 9.01. The molecular weight excluding hydrogens is 425 g/mol. The van der Waals surface area contributed by atoms with Gasteiger partial charge >= 0.3 is 0 Å². The van der Waals surface area contributed by atoms with Crippen LogP contribution in [0.2, 0.25) is 0 Å². The SMILES string of the molecule is Cc1nn(C)c(NC(=O)CCCOc2cccc(F)c2)c1-c1ccc(Br)cc1. The maximum absolute atomic E-state index is 13.1. The van der Waals surface area contributed by atoms with E-state index in [2.05, 4.69) is 26.3 Å². The highest BCUT2D eigenvalue weighted by molar-refractivity contribution is 9.10. The highest BCUT2D eigenvalue weighted by Crippen LogP contribution is 2.32. The highest BCUT2D eigenvalue weighted by atomic mass is 79.9.